The Kier molecular flexibility index (Phi) is 10.0. The molecule has 18 heavy (non-hydrogen) atoms. The molecule has 0 bridgehead atoms. The summed E-state index contributed by atoms with van der Waals surface area (Å²) in [6, 6.07) is 8.13. The highest BCUT2D eigenvalue weighted by Crippen LogP contribution is 2.21. The van der Waals surface area contributed by atoms with Gasteiger partial charge in [0.1, 0.15) is 0 Å². The van der Waals surface area contributed by atoms with Crippen molar-refractivity contribution in [3.8, 4) is 0 Å². The molecular formula is C15H23ClS2. The van der Waals surface area contributed by atoms with Crippen LogP contribution < -0.4 is 0 Å². The van der Waals surface area contributed by atoms with E-state index < -0.39 is 0 Å². The van der Waals surface area contributed by atoms with Gasteiger partial charge in [0.05, 0.1) is 0 Å². The highest BCUT2D eigenvalue weighted by atomic mass is 35.5. The van der Waals surface area contributed by atoms with Crippen molar-refractivity contribution >= 4 is 36.0 Å². The van der Waals surface area contributed by atoms with E-state index in [-0.39, 0.29) is 0 Å². The Labute approximate surface area is 126 Å². The maximum absolute atomic E-state index is 5.85. The lowest BCUT2D eigenvalue weighted by molar-refractivity contribution is 0.605. The number of thioether (sulfide) groups is 1. The van der Waals surface area contributed by atoms with Gasteiger partial charge in [0.25, 0.3) is 0 Å². The molecule has 0 aliphatic heterocycles. The maximum atomic E-state index is 5.85. The lowest BCUT2D eigenvalue weighted by Crippen LogP contribution is -1.84. The molecule has 0 fully saturated rings. The van der Waals surface area contributed by atoms with Crippen molar-refractivity contribution in [2.24, 2.45) is 0 Å². The average Bonchev–Trinajstić information content (AvgIpc) is 2.39. The van der Waals surface area contributed by atoms with Gasteiger partial charge in [0.2, 0.25) is 0 Å². The third-order valence-electron chi connectivity index (χ3n) is 2.88. The third kappa shape index (κ3) is 8.34. The summed E-state index contributed by atoms with van der Waals surface area (Å²) in [5.74, 6) is 2.26. The van der Waals surface area contributed by atoms with E-state index in [1.165, 1.54) is 55.6 Å². The van der Waals surface area contributed by atoms with Crippen LogP contribution in [0.1, 0.15) is 44.9 Å². The summed E-state index contributed by atoms with van der Waals surface area (Å²) in [5.41, 5.74) is 0. The first-order valence-corrected chi connectivity index (χ1v) is 8.82. The molecule has 0 spiro atoms. The molecular weight excluding hydrogens is 280 g/mol. The number of hydrogen-bond donors (Lipinski definition) is 1. The van der Waals surface area contributed by atoms with E-state index in [1.54, 1.807) is 0 Å². The fourth-order valence-corrected chi connectivity index (χ4v) is 3.08. The fourth-order valence-electron chi connectivity index (χ4n) is 1.82. The van der Waals surface area contributed by atoms with E-state index in [1.807, 2.05) is 23.9 Å². The van der Waals surface area contributed by atoms with E-state index in [0.29, 0.717) is 0 Å². The van der Waals surface area contributed by atoms with Crippen LogP contribution in [0.3, 0.4) is 0 Å². The van der Waals surface area contributed by atoms with Crippen LogP contribution in [0, 0.1) is 0 Å². The summed E-state index contributed by atoms with van der Waals surface area (Å²) in [4.78, 5) is 1.33. The molecule has 0 nitrogen and oxygen atoms in total. The molecule has 0 atom stereocenters. The van der Waals surface area contributed by atoms with Crippen molar-refractivity contribution in [2.45, 2.75) is 49.8 Å². The molecule has 0 aromatic heterocycles. The quantitative estimate of drug-likeness (QED) is 0.310. The highest BCUT2D eigenvalue weighted by Gasteiger charge is 1.95. The molecule has 0 saturated heterocycles. The fraction of sp³-hybridized carbons (Fsp3) is 0.600. The van der Waals surface area contributed by atoms with Crippen molar-refractivity contribution in [3.05, 3.63) is 29.3 Å². The monoisotopic (exact) mass is 302 g/mol. The van der Waals surface area contributed by atoms with Crippen LogP contribution in [0.5, 0.6) is 0 Å². The van der Waals surface area contributed by atoms with Crippen LogP contribution in [-0.2, 0) is 0 Å². The Bertz CT molecular complexity index is 298. The minimum absolute atomic E-state index is 0.820. The van der Waals surface area contributed by atoms with Gasteiger partial charge in [-0.15, -0.1) is 11.8 Å². The molecule has 1 rings (SSSR count). The minimum Gasteiger partial charge on any atom is -0.179 e. The third-order valence-corrected chi connectivity index (χ3v) is 4.55. The van der Waals surface area contributed by atoms with Gasteiger partial charge in [-0.2, -0.15) is 12.6 Å². The Morgan fingerprint density at radius 3 is 2.00 bits per heavy atom. The molecule has 0 amide bonds. The molecule has 0 aliphatic carbocycles. The standard InChI is InChI=1S/C15H23ClS2/c16-14-8-10-15(11-9-14)18-13-7-5-3-1-2-4-6-12-17/h8-11,17H,1-7,12-13H2. The second-order valence-electron chi connectivity index (χ2n) is 4.50. The number of hydrogen-bond acceptors (Lipinski definition) is 2. The lowest BCUT2D eigenvalue weighted by atomic mass is 10.1. The minimum atomic E-state index is 0.820. The molecule has 0 aliphatic rings. The van der Waals surface area contributed by atoms with Crippen LogP contribution in [-0.4, -0.2) is 11.5 Å². The molecule has 3 heteroatoms. The summed E-state index contributed by atoms with van der Waals surface area (Å²) >= 11 is 12.0. The van der Waals surface area contributed by atoms with E-state index in [0.717, 1.165) is 10.8 Å². The van der Waals surface area contributed by atoms with Crippen LogP contribution in [0.4, 0.5) is 0 Å². The predicted molar refractivity (Wildman–Crippen MR) is 88.3 cm³/mol. The van der Waals surface area contributed by atoms with Crippen LogP contribution >= 0.6 is 36.0 Å². The maximum Gasteiger partial charge on any atom is 0.0406 e. The smallest absolute Gasteiger partial charge is 0.0406 e. The van der Waals surface area contributed by atoms with Gasteiger partial charge in [-0.25, -0.2) is 0 Å². The Morgan fingerprint density at radius 1 is 0.833 bits per heavy atom. The highest BCUT2D eigenvalue weighted by molar-refractivity contribution is 7.99. The zero-order valence-corrected chi connectivity index (χ0v) is 13.4. The topological polar surface area (TPSA) is 0 Å². The second-order valence-corrected chi connectivity index (χ2v) is 6.55. The van der Waals surface area contributed by atoms with Gasteiger partial charge in [-0.05, 0) is 48.6 Å². The Hall–Kier alpha value is 0.210. The van der Waals surface area contributed by atoms with E-state index in [4.69, 9.17) is 11.6 Å². The predicted octanol–water partition coefficient (Wildman–Crippen LogP) is 6.09. The van der Waals surface area contributed by atoms with E-state index in [2.05, 4.69) is 24.8 Å². The number of unbranched alkanes of at least 4 members (excludes halogenated alkanes) is 6. The molecule has 1 aromatic carbocycles. The summed E-state index contributed by atoms with van der Waals surface area (Å²) in [6.45, 7) is 0. The number of thiol groups is 1. The zero-order chi connectivity index (χ0) is 13.1. The molecule has 0 N–H and O–H groups in total. The van der Waals surface area contributed by atoms with Crippen LogP contribution in [0.2, 0.25) is 5.02 Å². The van der Waals surface area contributed by atoms with Gasteiger partial charge in [-0.1, -0.05) is 43.7 Å². The van der Waals surface area contributed by atoms with Gasteiger partial charge >= 0.3 is 0 Å². The van der Waals surface area contributed by atoms with Crippen molar-refractivity contribution in [1.82, 2.24) is 0 Å². The van der Waals surface area contributed by atoms with Crippen molar-refractivity contribution < 1.29 is 0 Å². The molecule has 0 radical (unpaired) electrons. The van der Waals surface area contributed by atoms with Crippen LogP contribution in [0.15, 0.2) is 29.2 Å². The first kappa shape index (κ1) is 16.3. The first-order valence-electron chi connectivity index (χ1n) is 6.82. The summed E-state index contributed by atoms with van der Waals surface area (Å²) in [5, 5.41) is 0.820. The zero-order valence-electron chi connectivity index (χ0n) is 10.9. The summed E-state index contributed by atoms with van der Waals surface area (Å²) in [6.07, 6.45) is 9.46. The van der Waals surface area contributed by atoms with Gasteiger partial charge < -0.3 is 0 Å². The van der Waals surface area contributed by atoms with E-state index in [9.17, 15) is 0 Å². The normalized spacial score (nSPS) is 10.8. The SMILES string of the molecule is SCCCCCCCCCSc1ccc(Cl)cc1. The molecule has 102 valence electrons. The Morgan fingerprint density at radius 2 is 1.39 bits per heavy atom. The van der Waals surface area contributed by atoms with Gasteiger partial charge in [0, 0.05) is 9.92 Å². The largest absolute Gasteiger partial charge is 0.179 e. The number of benzene rings is 1. The molecule has 1 aromatic rings. The molecule has 0 unspecified atom stereocenters. The van der Waals surface area contributed by atoms with E-state index >= 15 is 0 Å². The van der Waals surface area contributed by atoms with Crippen molar-refractivity contribution in [3.63, 3.8) is 0 Å². The van der Waals surface area contributed by atoms with Gasteiger partial charge in [0.15, 0.2) is 0 Å². The molecule has 0 heterocycles. The number of rotatable bonds is 10. The second kappa shape index (κ2) is 11.1. The average molecular weight is 303 g/mol. The number of halogens is 1. The van der Waals surface area contributed by atoms with Crippen LogP contribution in [0.25, 0.3) is 0 Å². The Balaban J connectivity index is 1.91. The van der Waals surface area contributed by atoms with Crippen molar-refractivity contribution in [2.75, 3.05) is 11.5 Å². The molecule has 0 saturated carbocycles. The van der Waals surface area contributed by atoms with Gasteiger partial charge in [-0.3, -0.25) is 0 Å². The lowest BCUT2D eigenvalue weighted by Gasteiger charge is -2.02. The van der Waals surface area contributed by atoms with Crippen molar-refractivity contribution in [1.29, 1.82) is 0 Å². The summed E-state index contributed by atoms with van der Waals surface area (Å²) in [7, 11) is 0. The first-order chi connectivity index (χ1) is 8.83. The summed E-state index contributed by atoms with van der Waals surface area (Å²) < 4.78 is 0.